The highest BCUT2D eigenvalue weighted by Crippen LogP contribution is 2.12. The molecule has 4 heteroatoms. The van der Waals surface area contributed by atoms with Gasteiger partial charge in [-0.2, -0.15) is 0 Å². The van der Waals surface area contributed by atoms with E-state index in [9.17, 15) is 9.59 Å². The fourth-order valence-electron chi connectivity index (χ4n) is 1.08. The van der Waals surface area contributed by atoms with Crippen molar-refractivity contribution in [3.05, 3.63) is 0 Å². The third-order valence-corrected chi connectivity index (χ3v) is 1.75. The molecule has 0 fully saturated rings. The van der Waals surface area contributed by atoms with Gasteiger partial charge >= 0.3 is 5.97 Å². The highest BCUT2D eigenvalue weighted by Gasteiger charge is 2.14. The van der Waals surface area contributed by atoms with Gasteiger partial charge in [-0.3, -0.25) is 9.59 Å². The summed E-state index contributed by atoms with van der Waals surface area (Å²) >= 11 is 0. The zero-order valence-corrected chi connectivity index (χ0v) is 7.25. The number of nitrogens with two attached hydrogens (primary N) is 1. The summed E-state index contributed by atoms with van der Waals surface area (Å²) in [6.07, 6.45) is 1.92. The number of carbonyl (C=O) groups is 2. The largest absolute Gasteiger partial charge is 0.481 e. The first-order chi connectivity index (χ1) is 5.57. The number of carboxylic acids is 1. The molecule has 70 valence electrons. The predicted octanol–water partition coefficient (Wildman–Crippen LogP) is 0.753. The highest BCUT2D eigenvalue weighted by atomic mass is 16.4. The van der Waals surface area contributed by atoms with E-state index < -0.39 is 11.9 Å². The van der Waals surface area contributed by atoms with Crippen molar-refractivity contribution in [3.8, 4) is 0 Å². The fraction of sp³-hybridized carbons (Fsp3) is 0.750. The van der Waals surface area contributed by atoms with Gasteiger partial charge in [0.15, 0.2) is 0 Å². The Morgan fingerprint density at radius 1 is 1.42 bits per heavy atom. The Morgan fingerprint density at radius 3 is 2.33 bits per heavy atom. The molecule has 0 radical (unpaired) electrons. The zero-order chi connectivity index (χ0) is 9.56. The maximum absolute atomic E-state index is 10.7. The summed E-state index contributed by atoms with van der Waals surface area (Å²) < 4.78 is 0. The molecular weight excluding hydrogens is 158 g/mol. The topological polar surface area (TPSA) is 80.4 Å². The minimum atomic E-state index is -0.877. The summed E-state index contributed by atoms with van der Waals surface area (Å²) in [5.41, 5.74) is 5.08. The summed E-state index contributed by atoms with van der Waals surface area (Å²) in [6, 6.07) is 0. The van der Waals surface area contributed by atoms with Gasteiger partial charge in [-0.05, 0) is 12.8 Å². The van der Waals surface area contributed by atoms with Crippen molar-refractivity contribution in [3.63, 3.8) is 0 Å². The molecule has 0 rings (SSSR count). The summed E-state index contributed by atoms with van der Waals surface area (Å²) in [5.74, 6) is -1.54. The van der Waals surface area contributed by atoms with Crippen molar-refractivity contribution in [1.82, 2.24) is 0 Å². The molecule has 0 aromatic heterocycles. The van der Waals surface area contributed by atoms with Crippen LogP contribution >= 0.6 is 0 Å². The van der Waals surface area contributed by atoms with Gasteiger partial charge in [0.1, 0.15) is 0 Å². The Kier molecular flexibility index (Phi) is 5.08. The molecule has 4 nitrogen and oxygen atoms in total. The summed E-state index contributed by atoms with van der Waals surface area (Å²) in [6.45, 7) is 1.94. The molecular formula is C8H15NO3. The van der Waals surface area contributed by atoms with Crippen molar-refractivity contribution in [2.45, 2.75) is 32.6 Å². The van der Waals surface area contributed by atoms with E-state index in [4.69, 9.17) is 10.8 Å². The number of amides is 1. The molecule has 1 amide bonds. The molecule has 12 heavy (non-hydrogen) atoms. The lowest BCUT2D eigenvalue weighted by Crippen LogP contribution is -2.23. The minimum absolute atomic E-state index is 0.0214. The van der Waals surface area contributed by atoms with Gasteiger partial charge in [-0.25, -0.2) is 0 Å². The van der Waals surface area contributed by atoms with Crippen molar-refractivity contribution in [1.29, 1.82) is 0 Å². The Balaban J connectivity index is 3.79. The zero-order valence-electron chi connectivity index (χ0n) is 7.25. The molecule has 0 aromatic carbocycles. The standard InChI is InChI=1S/C8H15NO3/c1-2-3-6(8(9)12)4-5-7(10)11/h6H,2-5H2,1H3,(H2,9,12)(H,10,11)/t6-/m1/s1. The van der Waals surface area contributed by atoms with E-state index in [1.807, 2.05) is 6.92 Å². The van der Waals surface area contributed by atoms with Crippen LogP contribution in [0.2, 0.25) is 0 Å². The molecule has 1 atom stereocenters. The number of rotatable bonds is 6. The molecule has 0 bridgehead atoms. The van der Waals surface area contributed by atoms with Gasteiger partial charge in [0.05, 0.1) is 0 Å². The van der Waals surface area contributed by atoms with Gasteiger partial charge in [-0.1, -0.05) is 13.3 Å². The fourth-order valence-corrected chi connectivity index (χ4v) is 1.08. The van der Waals surface area contributed by atoms with Crippen LogP contribution in [0.15, 0.2) is 0 Å². The lowest BCUT2D eigenvalue weighted by Gasteiger charge is -2.09. The Hall–Kier alpha value is -1.06. The van der Waals surface area contributed by atoms with E-state index in [1.54, 1.807) is 0 Å². The molecule has 0 unspecified atom stereocenters. The highest BCUT2D eigenvalue weighted by molar-refractivity contribution is 5.77. The van der Waals surface area contributed by atoms with Crippen LogP contribution in [-0.4, -0.2) is 17.0 Å². The summed E-state index contributed by atoms with van der Waals surface area (Å²) in [4.78, 5) is 20.9. The van der Waals surface area contributed by atoms with Crippen molar-refractivity contribution in [2.75, 3.05) is 0 Å². The van der Waals surface area contributed by atoms with Crippen LogP contribution in [0.4, 0.5) is 0 Å². The van der Waals surface area contributed by atoms with Crippen LogP contribution < -0.4 is 5.73 Å². The molecule has 0 aliphatic heterocycles. The van der Waals surface area contributed by atoms with Crippen LogP contribution in [0.25, 0.3) is 0 Å². The van der Waals surface area contributed by atoms with Gasteiger partial charge in [0.25, 0.3) is 0 Å². The maximum Gasteiger partial charge on any atom is 0.303 e. The van der Waals surface area contributed by atoms with E-state index in [0.717, 1.165) is 6.42 Å². The van der Waals surface area contributed by atoms with Crippen LogP contribution in [0.3, 0.4) is 0 Å². The van der Waals surface area contributed by atoms with Crippen molar-refractivity contribution in [2.24, 2.45) is 11.7 Å². The van der Waals surface area contributed by atoms with Crippen LogP contribution in [-0.2, 0) is 9.59 Å². The number of hydrogen-bond donors (Lipinski definition) is 2. The number of primary amides is 1. The summed E-state index contributed by atoms with van der Waals surface area (Å²) in [5, 5.41) is 8.36. The summed E-state index contributed by atoms with van der Waals surface area (Å²) in [7, 11) is 0. The number of carboxylic acid groups (broad SMARTS) is 1. The lowest BCUT2D eigenvalue weighted by atomic mass is 9.97. The first-order valence-electron chi connectivity index (χ1n) is 4.09. The smallest absolute Gasteiger partial charge is 0.303 e. The van der Waals surface area contributed by atoms with Crippen molar-refractivity contribution >= 4 is 11.9 Å². The van der Waals surface area contributed by atoms with E-state index in [2.05, 4.69) is 0 Å². The number of aliphatic carboxylic acids is 1. The molecule has 0 heterocycles. The van der Waals surface area contributed by atoms with Gasteiger partial charge < -0.3 is 10.8 Å². The van der Waals surface area contributed by atoms with E-state index >= 15 is 0 Å². The van der Waals surface area contributed by atoms with E-state index in [0.29, 0.717) is 12.8 Å². The molecule has 0 saturated carbocycles. The van der Waals surface area contributed by atoms with E-state index in [1.165, 1.54) is 0 Å². The third-order valence-electron chi connectivity index (χ3n) is 1.75. The molecule has 0 aromatic rings. The van der Waals surface area contributed by atoms with Gasteiger partial charge in [0, 0.05) is 12.3 Å². The van der Waals surface area contributed by atoms with Crippen LogP contribution in [0.5, 0.6) is 0 Å². The first kappa shape index (κ1) is 10.9. The molecule has 0 aliphatic rings. The monoisotopic (exact) mass is 173 g/mol. The SMILES string of the molecule is CCC[C@H](CCC(=O)O)C(N)=O. The Labute approximate surface area is 71.8 Å². The second kappa shape index (κ2) is 5.57. The van der Waals surface area contributed by atoms with Crippen LogP contribution in [0, 0.1) is 5.92 Å². The molecule has 0 spiro atoms. The first-order valence-corrected chi connectivity index (χ1v) is 4.09. The molecule has 0 aliphatic carbocycles. The third kappa shape index (κ3) is 4.71. The number of carbonyl (C=O) groups excluding carboxylic acids is 1. The normalized spacial score (nSPS) is 12.4. The van der Waals surface area contributed by atoms with Crippen LogP contribution in [0.1, 0.15) is 32.6 Å². The van der Waals surface area contributed by atoms with Gasteiger partial charge in [-0.15, -0.1) is 0 Å². The average Bonchev–Trinajstić information content (AvgIpc) is 1.96. The van der Waals surface area contributed by atoms with Gasteiger partial charge in [0.2, 0.25) is 5.91 Å². The number of hydrogen-bond acceptors (Lipinski definition) is 2. The maximum atomic E-state index is 10.7. The Bertz CT molecular complexity index is 168. The molecule has 0 saturated heterocycles. The molecule has 3 N–H and O–H groups in total. The second-order valence-electron chi connectivity index (χ2n) is 2.82. The van der Waals surface area contributed by atoms with E-state index in [-0.39, 0.29) is 12.3 Å². The van der Waals surface area contributed by atoms with Crippen molar-refractivity contribution < 1.29 is 14.7 Å². The second-order valence-corrected chi connectivity index (χ2v) is 2.82. The average molecular weight is 173 g/mol. The minimum Gasteiger partial charge on any atom is -0.481 e. The quantitative estimate of drug-likeness (QED) is 0.622. The Morgan fingerprint density at radius 2 is 2.00 bits per heavy atom. The lowest BCUT2D eigenvalue weighted by molar-refractivity contribution is -0.137. The predicted molar refractivity (Wildman–Crippen MR) is 44.5 cm³/mol.